The van der Waals surface area contributed by atoms with Crippen LogP contribution in [0, 0.1) is 13.8 Å². The molecule has 0 saturated heterocycles. The van der Waals surface area contributed by atoms with Crippen LogP contribution in [-0.4, -0.2) is 18.9 Å². The van der Waals surface area contributed by atoms with Gasteiger partial charge in [0, 0.05) is 6.54 Å². The van der Waals surface area contributed by atoms with Gasteiger partial charge in [0.1, 0.15) is 11.5 Å². The summed E-state index contributed by atoms with van der Waals surface area (Å²) in [4.78, 5) is 4.63. The fraction of sp³-hybridized carbons (Fsp3) is 0.148. The predicted molar refractivity (Wildman–Crippen MR) is 141 cm³/mol. The Morgan fingerprint density at radius 1 is 0.829 bits per heavy atom. The van der Waals surface area contributed by atoms with Gasteiger partial charge in [0.05, 0.1) is 33.4 Å². The highest BCUT2D eigenvalue weighted by Crippen LogP contribution is 2.26. The SMILES string of the molecule is Cc1ccc(N=Cc2ccc(CN(Cc3ccc(Cl)c(Cl)c3)S(=O)(=O)c3ccc(C)cc3)o2)cc1. The van der Waals surface area contributed by atoms with Crippen LogP contribution in [0.25, 0.3) is 0 Å². The average Bonchev–Trinajstić information content (AvgIpc) is 3.28. The van der Waals surface area contributed by atoms with Crippen molar-refractivity contribution < 1.29 is 12.8 Å². The molecule has 0 radical (unpaired) electrons. The summed E-state index contributed by atoms with van der Waals surface area (Å²) in [6.07, 6.45) is 1.62. The summed E-state index contributed by atoms with van der Waals surface area (Å²) in [7, 11) is -3.82. The van der Waals surface area contributed by atoms with E-state index < -0.39 is 10.0 Å². The Bertz CT molecular complexity index is 1440. The molecular formula is C27H24Cl2N2O3S. The molecule has 0 atom stereocenters. The molecule has 0 N–H and O–H groups in total. The van der Waals surface area contributed by atoms with Gasteiger partial charge in [0.25, 0.3) is 0 Å². The van der Waals surface area contributed by atoms with E-state index in [4.69, 9.17) is 27.6 Å². The molecule has 0 spiro atoms. The normalized spacial score (nSPS) is 12.0. The number of hydrogen-bond donors (Lipinski definition) is 0. The van der Waals surface area contributed by atoms with Gasteiger partial charge in [-0.2, -0.15) is 4.31 Å². The van der Waals surface area contributed by atoms with Crippen molar-refractivity contribution in [3.05, 3.63) is 117 Å². The number of aliphatic imine (C=N–C) groups is 1. The molecule has 1 aromatic heterocycles. The molecule has 0 bridgehead atoms. The fourth-order valence-electron chi connectivity index (χ4n) is 3.42. The topological polar surface area (TPSA) is 62.9 Å². The molecule has 5 nitrogen and oxygen atoms in total. The van der Waals surface area contributed by atoms with Crippen LogP contribution in [0.15, 0.2) is 93.2 Å². The number of sulfonamides is 1. The molecule has 0 amide bonds. The minimum Gasteiger partial charge on any atom is -0.459 e. The Balaban J connectivity index is 1.60. The number of benzene rings is 3. The van der Waals surface area contributed by atoms with Crippen LogP contribution in [0.1, 0.15) is 28.2 Å². The smallest absolute Gasteiger partial charge is 0.243 e. The Morgan fingerprint density at radius 2 is 1.49 bits per heavy atom. The van der Waals surface area contributed by atoms with Gasteiger partial charge in [-0.1, -0.05) is 64.7 Å². The molecule has 0 unspecified atom stereocenters. The van der Waals surface area contributed by atoms with Gasteiger partial charge >= 0.3 is 0 Å². The highest BCUT2D eigenvalue weighted by atomic mass is 35.5. The maximum Gasteiger partial charge on any atom is 0.243 e. The first-order chi connectivity index (χ1) is 16.7. The fourth-order valence-corrected chi connectivity index (χ4v) is 5.13. The zero-order chi connectivity index (χ0) is 25.0. The van der Waals surface area contributed by atoms with Crippen molar-refractivity contribution in [1.82, 2.24) is 4.31 Å². The van der Waals surface area contributed by atoms with Crippen LogP contribution in [0.3, 0.4) is 0 Å². The van der Waals surface area contributed by atoms with Crippen LogP contribution in [0.4, 0.5) is 5.69 Å². The van der Waals surface area contributed by atoms with Crippen molar-refractivity contribution in [3.63, 3.8) is 0 Å². The van der Waals surface area contributed by atoms with Gasteiger partial charge in [-0.15, -0.1) is 0 Å². The van der Waals surface area contributed by atoms with Crippen molar-refractivity contribution in [2.45, 2.75) is 31.8 Å². The van der Waals surface area contributed by atoms with E-state index in [0.717, 1.165) is 16.8 Å². The van der Waals surface area contributed by atoms with Crippen molar-refractivity contribution in [2.24, 2.45) is 4.99 Å². The van der Waals surface area contributed by atoms with Crippen LogP contribution in [0.5, 0.6) is 0 Å². The average molecular weight is 527 g/mol. The molecule has 180 valence electrons. The van der Waals surface area contributed by atoms with Gasteiger partial charge in [0.15, 0.2) is 0 Å². The molecule has 4 aromatic rings. The van der Waals surface area contributed by atoms with Crippen molar-refractivity contribution in [2.75, 3.05) is 0 Å². The van der Waals surface area contributed by atoms with E-state index >= 15 is 0 Å². The van der Waals surface area contributed by atoms with Crippen molar-refractivity contribution >= 4 is 45.1 Å². The number of halogens is 2. The molecule has 8 heteroatoms. The second kappa shape index (κ2) is 10.8. The lowest BCUT2D eigenvalue weighted by molar-refractivity contribution is 0.357. The van der Waals surface area contributed by atoms with Crippen molar-refractivity contribution in [1.29, 1.82) is 0 Å². The molecule has 4 rings (SSSR count). The summed E-state index contributed by atoms with van der Waals surface area (Å²) in [6.45, 7) is 4.06. The van der Waals surface area contributed by atoms with E-state index in [0.29, 0.717) is 27.1 Å². The van der Waals surface area contributed by atoms with Gasteiger partial charge in [-0.25, -0.2) is 8.42 Å². The third-order valence-electron chi connectivity index (χ3n) is 5.39. The third-order valence-corrected chi connectivity index (χ3v) is 7.94. The number of rotatable bonds is 8. The highest BCUT2D eigenvalue weighted by Gasteiger charge is 2.26. The van der Waals surface area contributed by atoms with E-state index in [1.165, 1.54) is 4.31 Å². The molecule has 3 aromatic carbocycles. The third kappa shape index (κ3) is 6.41. The molecule has 0 aliphatic heterocycles. The van der Waals surface area contributed by atoms with Crippen molar-refractivity contribution in [3.8, 4) is 0 Å². The zero-order valence-electron chi connectivity index (χ0n) is 19.3. The first-order valence-corrected chi connectivity index (χ1v) is 13.1. The predicted octanol–water partition coefficient (Wildman–Crippen LogP) is 7.34. The zero-order valence-corrected chi connectivity index (χ0v) is 21.6. The number of hydrogen-bond acceptors (Lipinski definition) is 4. The molecule has 0 fully saturated rings. The first kappa shape index (κ1) is 25.2. The number of aryl methyl sites for hydroxylation is 2. The highest BCUT2D eigenvalue weighted by molar-refractivity contribution is 7.89. The second-order valence-electron chi connectivity index (χ2n) is 8.23. The van der Waals surface area contributed by atoms with Gasteiger partial charge in [0.2, 0.25) is 10.0 Å². The van der Waals surface area contributed by atoms with Crippen LogP contribution < -0.4 is 0 Å². The van der Waals surface area contributed by atoms with E-state index in [2.05, 4.69) is 4.99 Å². The molecule has 0 aliphatic rings. The van der Waals surface area contributed by atoms with Gasteiger partial charge < -0.3 is 4.42 Å². The minimum absolute atomic E-state index is 0.0365. The van der Waals surface area contributed by atoms with Crippen LogP contribution >= 0.6 is 23.2 Å². The lowest BCUT2D eigenvalue weighted by atomic mass is 10.2. The maximum absolute atomic E-state index is 13.5. The Kier molecular flexibility index (Phi) is 7.77. The Morgan fingerprint density at radius 3 is 2.14 bits per heavy atom. The van der Waals surface area contributed by atoms with E-state index in [-0.39, 0.29) is 18.0 Å². The Hall–Kier alpha value is -2.90. The quantitative estimate of drug-likeness (QED) is 0.225. The Labute approximate surface area is 215 Å². The maximum atomic E-state index is 13.5. The lowest BCUT2D eigenvalue weighted by Crippen LogP contribution is -2.30. The lowest BCUT2D eigenvalue weighted by Gasteiger charge is -2.22. The van der Waals surface area contributed by atoms with Crippen LogP contribution in [0.2, 0.25) is 10.0 Å². The summed E-state index contributed by atoms with van der Waals surface area (Å²) in [5, 5.41) is 0.774. The summed E-state index contributed by atoms with van der Waals surface area (Å²) in [5.41, 5.74) is 3.64. The van der Waals surface area contributed by atoms with Crippen LogP contribution in [-0.2, 0) is 23.1 Å². The van der Waals surface area contributed by atoms with E-state index in [9.17, 15) is 8.42 Å². The summed E-state index contributed by atoms with van der Waals surface area (Å²) in [5.74, 6) is 1.02. The monoisotopic (exact) mass is 526 g/mol. The standard InChI is InChI=1S/C27H24Cl2N2O3S/c1-19-3-8-22(9-4-19)30-16-23-10-11-24(34-23)18-31(17-21-7-14-26(28)27(29)15-21)35(32,33)25-12-5-20(2)6-13-25/h3-16H,17-18H2,1-2H3. The molecule has 0 aliphatic carbocycles. The number of nitrogens with zero attached hydrogens (tertiary/aromatic N) is 2. The molecular weight excluding hydrogens is 503 g/mol. The second-order valence-corrected chi connectivity index (χ2v) is 11.0. The molecule has 1 heterocycles. The number of furan rings is 1. The van der Waals surface area contributed by atoms with E-state index in [1.807, 2.05) is 38.1 Å². The minimum atomic E-state index is -3.82. The first-order valence-electron chi connectivity index (χ1n) is 10.9. The summed E-state index contributed by atoms with van der Waals surface area (Å²) in [6, 6.07) is 23.2. The summed E-state index contributed by atoms with van der Waals surface area (Å²) >= 11 is 12.2. The van der Waals surface area contributed by atoms with E-state index in [1.54, 1.807) is 60.8 Å². The van der Waals surface area contributed by atoms with Gasteiger partial charge in [-0.05, 0) is 67.9 Å². The largest absolute Gasteiger partial charge is 0.459 e. The molecule has 0 saturated carbocycles. The molecule has 35 heavy (non-hydrogen) atoms. The van der Waals surface area contributed by atoms with Gasteiger partial charge in [-0.3, -0.25) is 4.99 Å². The summed E-state index contributed by atoms with van der Waals surface area (Å²) < 4.78 is 34.3.